The number of hydrogen-bond donors (Lipinski definition) is 2. The SMILES string of the molecule is Cc1cccc(Nc2nnc(Cc3ccc(Cl)cc3)c(=O)[nH]2)c1. The highest BCUT2D eigenvalue weighted by Gasteiger charge is 2.06. The molecule has 0 radical (unpaired) electrons. The Morgan fingerprint density at radius 3 is 2.61 bits per heavy atom. The van der Waals surface area contributed by atoms with Gasteiger partial charge in [0.1, 0.15) is 5.69 Å². The van der Waals surface area contributed by atoms with Gasteiger partial charge in [-0.1, -0.05) is 35.9 Å². The molecule has 0 saturated heterocycles. The predicted octanol–water partition coefficient (Wildman–Crippen LogP) is 3.46. The lowest BCUT2D eigenvalue weighted by Crippen LogP contribution is -2.18. The number of nitrogens with zero attached hydrogens (tertiary/aromatic N) is 2. The lowest BCUT2D eigenvalue weighted by atomic mass is 10.1. The van der Waals surface area contributed by atoms with Crippen molar-refractivity contribution in [1.82, 2.24) is 15.2 Å². The number of benzene rings is 2. The molecule has 2 aromatic carbocycles. The average Bonchev–Trinajstić information content (AvgIpc) is 2.52. The lowest BCUT2D eigenvalue weighted by molar-refractivity contribution is 0.874. The molecule has 1 heterocycles. The Bertz CT molecular complexity index is 874. The first-order chi connectivity index (χ1) is 11.1. The Morgan fingerprint density at radius 1 is 1.13 bits per heavy atom. The summed E-state index contributed by atoms with van der Waals surface area (Å²) < 4.78 is 0. The highest BCUT2D eigenvalue weighted by molar-refractivity contribution is 6.30. The summed E-state index contributed by atoms with van der Waals surface area (Å²) in [5, 5.41) is 11.8. The van der Waals surface area contributed by atoms with E-state index >= 15 is 0 Å². The van der Waals surface area contributed by atoms with Crippen molar-refractivity contribution < 1.29 is 0 Å². The third-order valence-electron chi connectivity index (χ3n) is 3.33. The van der Waals surface area contributed by atoms with Crippen LogP contribution < -0.4 is 10.9 Å². The molecule has 1 aromatic heterocycles. The summed E-state index contributed by atoms with van der Waals surface area (Å²) in [4.78, 5) is 14.9. The summed E-state index contributed by atoms with van der Waals surface area (Å²) in [6.07, 6.45) is 0.407. The molecule has 23 heavy (non-hydrogen) atoms. The minimum atomic E-state index is -0.259. The van der Waals surface area contributed by atoms with Gasteiger partial charge in [0, 0.05) is 17.1 Å². The van der Waals surface area contributed by atoms with Crippen LogP contribution in [0, 0.1) is 6.92 Å². The molecular weight excluding hydrogens is 312 g/mol. The summed E-state index contributed by atoms with van der Waals surface area (Å²) in [6.45, 7) is 1.99. The monoisotopic (exact) mass is 326 g/mol. The van der Waals surface area contributed by atoms with Crippen molar-refractivity contribution in [1.29, 1.82) is 0 Å². The van der Waals surface area contributed by atoms with Crippen LogP contribution >= 0.6 is 11.6 Å². The summed E-state index contributed by atoms with van der Waals surface area (Å²) in [5.74, 6) is 0.320. The number of anilines is 2. The van der Waals surface area contributed by atoms with Crippen molar-refractivity contribution in [2.75, 3.05) is 5.32 Å². The molecule has 0 aliphatic heterocycles. The fraction of sp³-hybridized carbons (Fsp3) is 0.118. The number of aryl methyl sites for hydroxylation is 1. The van der Waals surface area contributed by atoms with Crippen LogP contribution in [0.4, 0.5) is 11.6 Å². The molecule has 2 N–H and O–H groups in total. The summed E-state index contributed by atoms with van der Waals surface area (Å²) in [6, 6.07) is 15.1. The van der Waals surface area contributed by atoms with Gasteiger partial charge in [-0.2, -0.15) is 0 Å². The minimum absolute atomic E-state index is 0.259. The average molecular weight is 327 g/mol. The Balaban J connectivity index is 1.78. The van der Waals surface area contributed by atoms with E-state index in [1.165, 1.54) is 0 Å². The van der Waals surface area contributed by atoms with Gasteiger partial charge in [0.05, 0.1) is 0 Å². The Hall–Kier alpha value is -2.66. The largest absolute Gasteiger partial charge is 0.324 e. The van der Waals surface area contributed by atoms with Gasteiger partial charge in [0.2, 0.25) is 5.95 Å². The van der Waals surface area contributed by atoms with E-state index in [-0.39, 0.29) is 5.56 Å². The maximum absolute atomic E-state index is 12.1. The van der Waals surface area contributed by atoms with E-state index in [0.717, 1.165) is 16.8 Å². The molecule has 0 bridgehead atoms. The van der Waals surface area contributed by atoms with Gasteiger partial charge in [0.15, 0.2) is 0 Å². The summed E-state index contributed by atoms with van der Waals surface area (Å²) in [7, 11) is 0. The molecular formula is C17H15ClN4O. The maximum atomic E-state index is 12.1. The normalized spacial score (nSPS) is 10.5. The zero-order chi connectivity index (χ0) is 16.2. The van der Waals surface area contributed by atoms with Crippen LogP contribution in [0.3, 0.4) is 0 Å². The van der Waals surface area contributed by atoms with Crippen molar-refractivity contribution >= 4 is 23.2 Å². The number of rotatable bonds is 4. The first-order valence-corrected chi connectivity index (χ1v) is 7.52. The summed E-state index contributed by atoms with van der Waals surface area (Å²) >= 11 is 5.85. The number of halogens is 1. The lowest BCUT2D eigenvalue weighted by Gasteiger charge is -2.06. The fourth-order valence-electron chi connectivity index (χ4n) is 2.19. The van der Waals surface area contributed by atoms with Crippen LogP contribution in [0.5, 0.6) is 0 Å². The minimum Gasteiger partial charge on any atom is -0.324 e. The first-order valence-electron chi connectivity index (χ1n) is 7.14. The van der Waals surface area contributed by atoms with Crippen molar-refractivity contribution in [3.8, 4) is 0 Å². The highest BCUT2D eigenvalue weighted by atomic mass is 35.5. The third kappa shape index (κ3) is 3.96. The molecule has 0 aliphatic rings. The van der Waals surface area contributed by atoms with Gasteiger partial charge in [-0.05, 0) is 42.3 Å². The number of aromatic nitrogens is 3. The Kier molecular flexibility index (Phi) is 4.39. The molecule has 0 unspecified atom stereocenters. The van der Waals surface area contributed by atoms with E-state index < -0.39 is 0 Å². The van der Waals surface area contributed by atoms with Crippen LogP contribution in [0.25, 0.3) is 0 Å². The van der Waals surface area contributed by atoms with Crippen LogP contribution in [0.15, 0.2) is 53.3 Å². The van der Waals surface area contributed by atoms with Crippen molar-refractivity contribution in [2.45, 2.75) is 13.3 Å². The molecule has 0 amide bonds. The van der Waals surface area contributed by atoms with E-state index in [2.05, 4.69) is 20.5 Å². The highest BCUT2D eigenvalue weighted by Crippen LogP contribution is 2.14. The zero-order valence-corrected chi connectivity index (χ0v) is 13.3. The standard InChI is InChI=1S/C17H15ClN4O/c1-11-3-2-4-14(9-11)19-17-20-16(23)15(21-22-17)10-12-5-7-13(18)8-6-12/h2-9H,10H2,1H3,(H2,19,20,22,23). The smallest absolute Gasteiger partial charge is 0.274 e. The summed E-state index contributed by atoms with van der Waals surface area (Å²) in [5.41, 5.74) is 3.02. The van der Waals surface area contributed by atoms with Crippen LogP contribution in [-0.2, 0) is 6.42 Å². The van der Waals surface area contributed by atoms with Crippen LogP contribution in [0.2, 0.25) is 5.02 Å². The molecule has 116 valence electrons. The van der Waals surface area contributed by atoms with Gasteiger partial charge < -0.3 is 5.32 Å². The second-order valence-electron chi connectivity index (χ2n) is 5.25. The van der Waals surface area contributed by atoms with Crippen molar-refractivity contribution in [2.24, 2.45) is 0 Å². The van der Waals surface area contributed by atoms with Crippen LogP contribution in [0.1, 0.15) is 16.8 Å². The molecule has 3 rings (SSSR count). The van der Waals surface area contributed by atoms with Gasteiger partial charge in [-0.15, -0.1) is 10.2 Å². The van der Waals surface area contributed by atoms with E-state index in [0.29, 0.717) is 23.1 Å². The van der Waals surface area contributed by atoms with Gasteiger partial charge in [-0.3, -0.25) is 9.78 Å². The molecule has 0 fully saturated rings. The third-order valence-corrected chi connectivity index (χ3v) is 3.58. The van der Waals surface area contributed by atoms with E-state index in [9.17, 15) is 4.79 Å². The van der Waals surface area contributed by atoms with E-state index in [4.69, 9.17) is 11.6 Å². The predicted molar refractivity (Wildman–Crippen MR) is 91.4 cm³/mol. The van der Waals surface area contributed by atoms with Gasteiger partial charge in [0.25, 0.3) is 5.56 Å². The second kappa shape index (κ2) is 6.62. The second-order valence-corrected chi connectivity index (χ2v) is 5.68. The van der Waals surface area contributed by atoms with Crippen molar-refractivity contribution in [3.63, 3.8) is 0 Å². The number of H-pyrrole nitrogens is 1. The number of nitrogens with one attached hydrogen (secondary N) is 2. The van der Waals surface area contributed by atoms with Crippen LogP contribution in [-0.4, -0.2) is 15.2 Å². The van der Waals surface area contributed by atoms with Crippen molar-refractivity contribution in [3.05, 3.63) is 80.7 Å². The quantitative estimate of drug-likeness (QED) is 0.770. The molecule has 0 atom stereocenters. The van der Waals surface area contributed by atoms with Gasteiger partial charge >= 0.3 is 0 Å². The number of aromatic amines is 1. The Labute approximate surface area is 138 Å². The molecule has 0 aliphatic carbocycles. The maximum Gasteiger partial charge on any atom is 0.274 e. The first kappa shape index (κ1) is 15.2. The molecule has 5 nitrogen and oxygen atoms in total. The number of hydrogen-bond acceptors (Lipinski definition) is 4. The zero-order valence-electron chi connectivity index (χ0n) is 12.5. The van der Waals surface area contributed by atoms with E-state index in [1.807, 2.05) is 43.3 Å². The fourth-order valence-corrected chi connectivity index (χ4v) is 2.31. The van der Waals surface area contributed by atoms with E-state index in [1.54, 1.807) is 12.1 Å². The molecule has 0 saturated carbocycles. The molecule has 6 heteroatoms. The molecule has 0 spiro atoms. The topological polar surface area (TPSA) is 70.7 Å². The Morgan fingerprint density at radius 2 is 1.91 bits per heavy atom. The van der Waals surface area contributed by atoms with Gasteiger partial charge in [-0.25, -0.2) is 0 Å². The molecule has 3 aromatic rings.